The first-order valence-corrected chi connectivity index (χ1v) is 6.63. The number of para-hydroxylation sites is 1. The summed E-state index contributed by atoms with van der Waals surface area (Å²) in [6.45, 7) is 3.69. The summed E-state index contributed by atoms with van der Waals surface area (Å²) in [4.78, 5) is 24.6. The number of nitrogens with one attached hydrogen (secondary N) is 1. The number of nitrogens with zero attached hydrogens (tertiary/aromatic N) is 2. The monoisotopic (exact) mass is 313 g/mol. The Kier molecular flexibility index (Phi) is 5.69. The topological polar surface area (TPSA) is 75.5 Å². The van der Waals surface area contributed by atoms with Gasteiger partial charge in [0.2, 0.25) is 5.91 Å². The molecule has 1 aromatic rings. The van der Waals surface area contributed by atoms with Crippen LogP contribution in [0, 0.1) is 15.5 Å². The number of carbonyl (C=O) groups excluding carboxylic acids is 1. The molecule has 1 heterocycles. The third-order valence-corrected chi connectivity index (χ3v) is 3.83. The largest absolute Gasteiger partial charge is 0.341 e. The van der Waals surface area contributed by atoms with Crippen molar-refractivity contribution >= 4 is 24.0 Å². The van der Waals surface area contributed by atoms with Gasteiger partial charge in [-0.1, -0.05) is 18.2 Å². The molecule has 1 fully saturated rings. The maximum atomic E-state index is 12.5. The first kappa shape index (κ1) is 17.4. The van der Waals surface area contributed by atoms with Gasteiger partial charge in [0.15, 0.2) is 0 Å². The molecule has 21 heavy (non-hydrogen) atoms. The van der Waals surface area contributed by atoms with E-state index in [1.807, 2.05) is 6.92 Å². The summed E-state index contributed by atoms with van der Waals surface area (Å²) in [5, 5.41) is 14.2. The number of amides is 1. The lowest BCUT2D eigenvalue weighted by atomic mass is 9.88. The standard InChI is InChI=1S/C14H19N3O3.ClH/c1-14(7-8-15-10-14)13(18)16(2)9-11-5-3-4-6-12(11)17(19)20;/h3-6,15H,7-10H2,1-2H3;1H. The highest BCUT2D eigenvalue weighted by atomic mass is 35.5. The lowest BCUT2D eigenvalue weighted by molar-refractivity contribution is -0.385. The van der Waals surface area contributed by atoms with E-state index in [0.29, 0.717) is 12.1 Å². The van der Waals surface area contributed by atoms with Gasteiger partial charge < -0.3 is 10.2 Å². The quantitative estimate of drug-likeness (QED) is 0.681. The van der Waals surface area contributed by atoms with E-state index < -0.39 is 10.3 Å². The molecule has 0 aromatic heterocycles. The molecular weight excluding hydrogens is 294 g/mol. The summed E-state index contributed by atoms with van der Waals surface area (Å²) >= 11 is 0. The summed E-state index contributed by atoms with van der Waals surface area (Å²) < 4.78 is 0. The third kappa shape index (κ3) is 3.71. The minimum atomic E-state index is -0.410. The molecule has 0 spiro atoms. The molecule has 0 bridgehead atoms. The number of carbonyl (C=O) groups is 1. The molecule has 0 saturated carbocycles. The van der Waals surface area contributed by atoms with Crippen molar-refractivity contribution in [1.29, 1.82) is 0 Å². The molecule has 1 aromatic carbocycles. The number of benzene rings is 1. The van der Waals surface area contributed by atoms with Crippen LogP contribution in [-0.2, 0) is 11.3 Å². The van der Waals surface area contributed by atoms with Crippen LogP contribution in [0.15, 0.2) is 24.3 Å². The highest BCUT2D eigenvalue weighted by Crippen LogP contribution is 2.28. The lowest BCUT2D eigenvalue weighted by Crippen LogP contribution is -2.41. The number of hydrogen-bond acceptors (Lipinski definition) is 4. The highest BCUT2D eigenvalue weighted by molar-refractivity contribution is 5.85. The van der Waals surface area contributed by atoms with Gasteiger partial charge in [-0.15, -0.1) is 12.4 Å². The predicted molar refractivity (Wildman–Crippen MR) is 82.4 cm³/mol. The van der Waals surface area contributed by atoms with Crippen molar-refractivity contribution in [2.75, 3.05) is 20.1 Å². The van der Waals surface area contributed by atoms with E-state index in [-0.39, 0.29) is 30.5 Å². The Labute approximate surface area is 130 Å². The molecule has 0 aliphatic carbocycles. The van der Waals surface area contributed by atoms with Crippen LogP contribution in [0.4, 0.5) is 5.69 Å². The third-order valence-electron chi connectivity index (χ3n) is 3.83. The maximum absolute atomic E-state index is 12.5. The van der Waals surface area contributed by atoms with Crippen LogP contribution in [0.3, 0.4) is 0 Å². The van der Waals surface area contributed by atoms with Gasteiger partial charge in [-0.3, -0.25) is 14.9 Å². The molecule has 1 atom stereocenters. The van der Waals surface area contributed by atoms with Gasteiger partial charge in [0.05, 0.1) is 16.9 Å². The summed E-state index contributed by atoms with van der Waals surface area (Å²) in [6, 6.07) is 6.54. The average molecular weight is 314 g/mol. The minimum absolute atomic E-state index is 0. The highest BCUT2D eigenvalue weighted by Gasteiger charge is 2.38. The van der Waals surface area contributed by atoms with Crippen LogP contribution in [-0.4, -0.2) is 35.9 Å². The number of rotatable bonds is 4. The second-order valence-corrected chi connectivity index (χ2v) is 5.53. The van der Waals surface area contributed by atoms with Crippen LogP contribution in [0.25, 0.3) is 0 Å². The molecule has 116 valence electrons. The van der Waals surface area contributed by atoms with E-state index in [9.17, 15) is 14.9 Å². The molecule has 6 nitrogen and oxygen atoms in total. The minimum Gasteiger partial charge on any atom is -0.341 e. The van der Waals surface area contributed by atoms with Crippen molar-refractivity contribution in [1.82, 2.24) is 10.2 Å². The fraction of sp³-hybridized carbons (Fsp3) is 0.500. The van der Waals surface area contributed by atoms with Gasteiger partial charge in [0.1, 0.15) is 0 Å². The summed E-state index contributed by atoms with van der Waals surface area (Å²) in [7, 11) is 1.70. The van der Waals surface area contributed by atoms with Gasteiger partial charge in [0, 0.05) is 25.2 Å². The van der Waals surface area contributed by atoms with E-state index in [2.05, 4.69) is 5.32 Å². The Morgan fingerprint density at radius 2 is 2.14 bits per heavy atom. The predicted octanol–water partition coefficient (Wildman–Crippen LogP) is 1.97. The molecule has 0 radical (unpaired) electrons. The van der Waals surface area contributed by atoms with Crippen molar-refractivity contribution in [3.63, 3.8) is 0 Å². The lowest BCUT2D eigenvalue weighted by Gasteiger charge is -2.28. The van der Waals surface area contributed by atoms with Gasteiger partial charge in [-0.25, -0.2) is 0 Å². The van der Waals surface area contributed by atoms with E-state index in [1.165, 1.54) is 6.07 Å². The number of nitro groups is 1. The fourth-order valence-corrected chi connectivity index (χ4v) is 2.61. The number of nitro benzene ring substituents is 1. The van der Waals surface area contributed by atoms with Crippen molar-refractivity contribution in [3.05, 3.63) is 39.9 Å². The van der Waals surface area contributed by atoms with Crippen molar-refractivity contribution in [2.45, 2.75) is 19.9 Å². The molecule has 1 aliphatic rings. The van der Waals surface area contributed by atoms with Crippen molar-refractivity contribution in [2.24, 2.45) is 5.41 Å². The smallest absolute Gasteiger partial charge is 0.274 e. The molecule has 7 heteroatoms. The Morgan fingerprint density at radius 3 is 2.71 bits per heavy atom. The summed E-state index contributed by atoms with van der Waals surface area (Å²) in [6.07, 6.45) is 0.799. The Hall–Kier alpha value is -1.66. The number of halogens is 1. The van der Waals surface area contributed by atoms with E-state index in [4.69, 9.17) is 0 Å². The van der Waals surface area contributed by atoms with Crippen molar-refractivity contribution in [3.8, 4) is 0 Å². The molecule has 1 saturated heterocycles. The molecule has 1 amide bonds. The van der Waals surface area contributed by atoms with E-state index in [0.717, 1.165) is 13.0 Å². The van der Waals surface area contributed by atoms with Gasteiger partial charge in [-0.2, -0.15) is 0 Å². The SMILES string of the molecule is CN(Cc1ccccc1[N+](=O)[O-])C(=O)C1(C)CCNC1.Cl. The van der Waals surface area contributed by atoms with Crippen LogP contribution in [0.1, 0.15) is 18.9 Å². The molecule has 1 aliphatic heterocycles. The molecular formula is C14H20ClN3O3. The number of hydrogen-bond donors (Lipinski definition) is 1. The van der Waals surface area contributed by atoms with Crippen molar-refractivity contribution < 1.29 is 9.72 Å². The first-order chi connectivity index (χ1) is 9.44. The van der Waals surface area contributed by atoms with Crippen LogP contribution < -0.4 is 5.32 Å². The molecule has 1 unspecified atom stereocenters. The normalized spacial score (nSPS) is 20.7. The Morgan fingerprint density at radius 1 is 1.48 bits per heavy atom. The fourth-order valence-electron chi connectivity index (χ4n) is 2.61. The van der Waals surface area contributed by atoms with Gasteiger partial charge in [0.25, 0.3) is 5.69 Å². The van der Waals surface area contributed by atoms with Gasteiger partial charge >= 0.3 is 0 Å². The van der Waals surface area contributed by atoms with E-state index >= 15 is 0 Å². The van der Waals surface area contributed by atoms with Gasteiger partial charge in [-0.05, 0) is 19.9 Å². The second-order valence-electron chi connectivity index (χ2n) is 5.53. The maximum Gasteiger partial charge on any atom is 0.274 e. The zero-order valence-electron chi connectivity index (χ0n) is 12.2. The average Bonchev–Trinajstić information content (AvgIpc) is 2.86. The molecule has 1 N–H and O–H groups in total. The Bertz CT molecular complexity index is 530. The van der Waals surface area contributed by atoms with E-state index in [1.54, 1.807) is 30.1 Å². The zero-order valence-corrected chi connectivity index (χ0v) is 13.0. The first-order valence-electron chi connectivity index (χ1n) is 6.63. The second kappa shape index (κ2) is 6.87. The van der Waals surface area contributed by atoms with Crippen LogP contribution in [0.2, 0.25) is 0 Å². The van der Waals surface area contributed by atoms with Crippen LogP contribution >= 0.6 is 12.4 Å². The summed E-state index contributed by atoms with van der Waals surface area (Å²) in [5.41, 5.74) is 0.211. The molecule has 2 rings (SSSR count). The summed E-state index contributed by atoms with van der Waals surface area (Å²) in [5.74, 6) is 0.0284. The van der Waals surface area contributed by atoms with Crippen LogP contribution in [0.5, 0.6) is 0 Å². The Balaban J connectivity index is 0.00000220. The zero-order chi connectivity index (χ0) is 14.8.